The maximum Gasteiger partial charge on any atom is 0.329 e. The molecule has 3 amide bonds. The summed E-state index contributed by atoms with van der Waals surface area (Å²) in [4.78, 5) is 35.5. The van der Waals surface area contributed by atoms with E-state index in [0.29, 0.717) is 23.5 Å². The first-order valence-electron chi connectivity index (χ1n) is 9.54. The molecule has 8 nitrogen and oxygen atoms in total. The largest absolute Gasteiger partial charge is 0.483 e. The number of benzene rings is 2. The Morgan fingerprint density at radius 2 is 1.83 bits per heavy atom. The first-order valence-corrected chi connectivity index (χ1v) is 9.54. The van der Waals surface area contributed by atoms with Gasteiger partial charge in [0.15, 0.2) is 6.61 Å². The SMILES string of the molecule is Cc1cccc(NC(=O)COc2ccccc2/C=N\NC(=O)C(=O)NCC(C)C)c1. The van der Waals surface area contributed by atoms with Crippen LogP contribution in [0.5, 0.6) is 5.75 Å². The molecule has 0 atom stereocenters. The van der Waals surface area contributed by atoms with Crippen LogP contribution in [0.25, 0.3) is 0 Å². The number of hydrogen-bond acceptors (Lipinski definition) is 5. The van der Waals surface area contributed by atoms with Crippen molar-refractivity contribution in [1.29, 1.82) is 0 Å². The Kier molecular flexibility index (Phi) is 8.56. The molecule has 2 aromatic carbocycles. The zero-order valence-electron chi connectivity index (χ0n) is 17.3. The second kappa shape index (κ2) is 11.4. The summed E-state index contributed by atoms with van der Waals surface area (Å²) in [5.41, 5.74) is 4.44. The van der Waals surface area contributed by atoms with Gasteiger partial charge in [-0.1, -0.05) is 38.1 Å². The van der Waals surface area contributed by atoms with Crippen molar-refractivity contribution in [2.24, 2.45) is 11.0 Å². The van der Waals surface area contributed by atoms with E-state index in [1.54, 1.807) is 30.3 Å². The Hall–Kier alpha value is -3.68. The van der Waals surface area contributed by atoms with Crippen LogP contribution in [0.1, 0.15) is 25.0 Å². The van der Waals surface area contributed by atoms with E-state index in [1.807, 2.05) is 39.0 Å². The predicted molar refractivity (Wildman–Crippen MR) is 115 cm³/mol. The smallest absolute Gasteiger partial charge is 0.329 e. The Morgan fingerprint density at radius 3 is 2.57 bits per heavy atom. The topological polar surface area (TPSA) is 109 Å². The second-order valence-electron chi connectivity index (χ2n) is 7.05. The van der Waals surface area contributed by atoms with Crippen LogP contribution < -0.4 is 20.8 Å². The summed E-state index contributed by atoms with van der Waals surface area (Å²) in [7, 11) is 0. The number of para-hydroxylation sites is 1. The fourth-order valence-electron chi connectivity index (χ4n) is 2.37. The Balaban J connectivity index is 1.89. The van der Waals surface area contributed by atoms with E-state index in [1.165, 1.54) is 6.21 Å². The van der Waals surface area contributed by atoms with Crippen molar-refractivity contribution in [3.05, 3.63) is 59.7 Å². The Morgan fingerprint density at radius 1 is 1.07 bits per heavy atom. The van der Waals surface area contributed by atoms with Crippen LogP contribution in [0, 0.1) is 12.8 Å². The molecule has 8 heteroatoms. The van der Waals surface area contributed by atoms with Crippen LogP contribution in [0.15, 0.2) is 53.6 Å². The number of nitrogens with zero attached hydrogens (tertiary/aromatic N) is 1. The minimum atomic E-state index is -0.858. The average molecular weight is 410 g/mol. The molecule has 30 heavy (non-hydrogen) atoms. The highest BCUT2D eigenvalue weighted by molar-refractivity contribution is 6.35. The van der Waals surface area contributed by atoms with Gasteiger partial charge >= 0.3 is 11.8 Å². The quantitative estimate of drug-likeness (QED) is 0.352. The van der Waals surface area contributed by atoms with E-state index >= 15 is 0 Å². The van der Waals surface area contributed by atoms with Crippen LogP contribution in [0.4, 0.5) is 5.69 Å². The van der Waals surface area contributed by atoms with E-state index in [2.05, 4.69) is 21.2 Å². The third-order valence-electron chi connectivity index (χ3n) is 3.83. The Labute approximate surface area is 175 Å². The molecule has 0 fully saturated rings. The van der Waals surface area contributed by atoms with Crippen LogP contribution in [0.3, 0.4) is 0 Å². The first kappa shape index (κ1) is 22.6. The van der Waals surface area contributed by atoms with Gasteiger partial charge in [0, 0.05) is 17.8 Å². The van der Waals surface area contributed by atoms with Crippen molar-refractivity contribution in [3.63, 3.8) is 0 Å². The summed E-state index contributed by atoms with van der Waals surface area (Å²) >= 11 is 0. The molecule has 0 aliphatic carbocycles. The molecular formula is C22H26N4O4. The maximum atomic E-state index is 12.1. The predicted octanol–water partition coefficient (Wildman–Crippen LogP) is 2.23. The molecule has 2 rings (SSSR count). The van der Waals surface area contributed by atoms with E-state index < -0.39 is 11.8 Å². The summed E-state index contributed by atoms with van der Waals surface area (Å²) in [6, 6.07) is 14.4. The van der Waals surface area contributed by atoms with Gasteiger partial charge in [0.1, 0.15) is 5.75 Å². The zero-order valence-corrected chi connectivity index (χ0v) is 17.3. The van der Waals surface area contributed by atoms with Gasteiger partial charge < -0.3 is 15.4 Å². The number of rotatable bonds is 8. The van der Waals surface area contributed by atoms with Crippen LogP contribution in [-0.4, -0.2) is 37.1 Å². The fraction of sp³-hybridized carbons (Fsp3) is 0.273. The van der Waals surface area contributed by atoms with Gasteiger partial charge in [-0.25, -0.2) is 5.43 Å². The minimum Gasteiger partial charge on any atom is -0.483 e. The molecular weight excluding hydrogens is 384 g/mol. The number of nitrogens with one attached hydrogen (secondary N) is 3. The third-order valence-corrected chi connectivity index (χ3v) is 3.83. The normalized spacial score (nSPS) is 10.7. The summed E-state index contributed by atoms with van der Waals surface area (Å²) < 4.78 is 5.58. The van der Waals surface area contributed by atoms with Crippen molar-refractivity contribution >= 4 is 29.6 Å². The molecule has 3 N–H and O–H groups in total. The molecule has 0 unspecified atom stereocenters. The number of anilines is 1. The summed E-state index contributed by atoms with van der Waals surface area (Å²) in [6.07, 6.45) is 1.35. The maximum absolute atomic E-state index is 12.1. The highest BCUT2D eigenvalue weighted by Gasteiger charge is 2.12. The number of carbonyl (C=O) groups excluding carboxylic acids is 3. The highest BCUT2D eigenvalue weighted by Crippen LogP contribution is 2.16. The van der Waals surface area contributed by atoms with Crippen molar-refractivity contribution < 1.29 is 19.1 Å². The van der Waals surface area contributed by atoms with Crippen molar-refractivity contribution in [3.8, 4) is 5.75 Å². The molecule has 158 valence electrons. The van der Waals surface area contributed by atoms with Gasteiger partial charge in [-0.2, -0.15) is 5.10 Å². The highest BCUT2D eigenvalue weighted by atomic mass is 16.5. The number of hydrazone groups is 1. The van der Waals surface area contributed by atoms with Crippen LogP contribution in [-0.2, 0) is 14.4 Å². The molecule has 0 saturated heterocycles. The van der Waals surface area contributed by atoms with Crippen molar-refractivity contribution in [1.82, 2.24) is 10.7 Å². The monoisotopic (exact) mass is 410 g/mol. The van der Waals surface area contributed by atoms with Gasteiger partial charge in [0.25, 0.3) is 5.91 Å². The molecule has 2 aromatic rings. The summed E-state index contributed by atoms with van der Waals surface area (Å²) in [5.74, 6) is -1.26. The Bertz CT molecular complexity index is 925. The number of hydrogen-bond donors (Lipinski definition) is 3. The second-order valence-corrected chi connectivity index (χ2v) is 7.05. The number of ether oxygens (including phenoxy) is 1. The molecule has 0 heterocycles. The van der Waals surface area contributed by atoms with E-state index in [0.717, 1.165) is 5.56 Å². The molecule has 0 saturated carbocycles. The minimum absolute atomic E-state index is 0.192. The van der Waals surface area contributed by atoms with Gasteiger partial charge in [0.2, 0.25) is 0 Å². The van der Waals surface area contributed by atoms with E-state index in [4.69, 9.17) is 4.74 Å². The van der Waals surface area contributed by atoms with E-state index in [-0.39, 0.29) is 18.4 Å². The molecule has 0 aliphatic heterocycles. The fourth-order valence-corrected chi connectivity index (χ4v) is 2.37. The number of carbonyl (C=O) groups is 3. The molecule has 0 aliphatic rings. The number of aryl methyl sites for hydroxylation is 1. The lowest BCUT2D eigenvalue weighted by molar-refractivity contribution is -0.139. The van der Waals surface area contributed by atoms with Crippen molar-refractivity contribution in [2.75, 3.05) is 18.5 Å². The van der Waals surface area contributed by atoms with Crippen LogP contribution >= 0.6 is 0 Å². The lowest BCUT2D eigenvalue weighted by Crippen LogP contribution is -2.39. The summed E-state index contributed by atoms with van der Waals surface area (Å²) in [6.45, 7) is 6.00. The molecule has 0 radical (unpaired) electrons. The standard InChI is InChI=1S/C22H26N4O4/c1-15(2)12-23-21(28)22(29)26-24-13-17-8-4-5-10-19(17)30-14-20(27)25-18-9-6-7-16(3)11-18/h4-11,13,15H,12,14H2,1-3H3,(H,23,28)(H,25,27)(H,26,29)/b24-13-. The third kappa shape index (κ3) is 7.75. The summed E-state index contributed by atoms with van der Waals surface area (Å²) in [5, 5.41) is 9.06. The molecule has 0 aromatic heterocycles. The molecule has 0 bridgehead atoms. The van der Waals surface area contributed by atoms with Crippen molar-refractivity contribution in [2.45, 2.75) is 20.8 Å². The zero-order chi connectivity index (χ0) is 21.9. The van der Waals surface area contributed by atoms with Gasteiger partial charge in [-0.15, -0.1) is 0 Å². The van der Waals surface area contributed by atoms with Gasteiger partial charge in [0.05, 0.1) is 6.21 Å². The molecule has 0 spiro atoms. The lowest BCUT2D eigenvalue weighted by atomic mass is 10.2. The first-order chi connectivity index (χ1) is 14.3. The van der Waals surface area contributed by atoms with Crippen LogP contribution in [0.2, 0.25) is 0 Å². The van der Waals surface area contributed by atoms with E-state index in [9.17, 15) is 14.4 Å². The average Bonchev–Trinajstić information content (AvgIpc) is 2.71. The van der Waals surface area contributed by atoms with Gasteiger partial charge in [-0.05, 0) is 42.7 Å². The lowest BCUT2D eigenvalue weighted by Gasteiger charge is -2.10. The van der Waals surface area contributed by atoms with Gasteiger partial charge in [-0.3, -0.25) is 14.4 Å². The number of amides is 3.